The van der Waals surface area contributed by atoms with Crippen molar-refractivity contribution >= 4 is 29.9 Å². The smallest absolute Gasteiger partial charge is 0.189 e. The quantitative estimate of drug-likeness (QED) is 0.184. The predicted octanol–water partition coefficient (Wildman–Crippen LogP) is 4.47. The Hall–Kier alpha value is -2.94. The van der Waals surface area contributed by atoms with E-state index in [1.165, 1.54) is 0 Å². The van der Waals surface area contributed by atoms with Gasteiger partial charge in [0.05, 0.1) is 27.3 Å². The highest BCUT2D eigenvalue weighted by Crippen LogP contribution is 2.29. The van der Waals surface area contributed by atoms with Gasteiger partial charge in [0.1, 0.15) is 12.4 Å². The zero-order valence-electron chi connectivity index (χ0n) is 17.7. The summed E-state index contributed by atoms with van der Waals surface area (Å²) < 4.78 is 16.5. The van der Waals surface area contributed by atoms with Crippen molar-refractivity contribution < 1.29 is 14.2 Å². The van der Waals surface area contributed by atoms with Gasteiger partial charge in [-0.3, -0.25) is 0 Å². The van der Waals surface area contributed by atoms with Crippen molar-refractivity contribution in [3.05, 3.63) is 78.4 Å². The Bertz CT molecular complexity index is 981. The van der Waals surface area contributed by atoms with Gasteiger partial charge in [0.2, 0.25) is 0 Å². The lowest BCUT2D eigenvalue weighted by Crippen LogP contribution is -2.34. The fourth-order valence-corrected chi connectivity index (χ4v) is 3.00. The molecule has 0 heterocycles. The van der Waals surface area contributed by atoms with Crippen molar-refractivity contribution in [2.45, 2.75) is 6.54 Å². The van der Waals surface area contributed by atoms with Gasteiger partial charge in [-0.1, -0.05) is 54.6 Å². The Morgan fingerprint density at radius 3 is 2.32 bits per heavy atom. The highest BCUT2D eigenvalue weighted by Gasteiger charge is 2.06. The van der Waals surface area contributed by atoms with E-state index in [4.69, 9.17) is 19.9 Å². The van der Waals surface area contributed by atoms with Gasteiger partial charge in [0.15, 0.2) is 17.5 Å². The number of methoxy groups -OCH3 is 2. The van der Waals surface area contributed by atoms with Crippen LogP contribution in [-0.2, 0) is 6.54 Å². The van der Waals surface area contributed by atoms with E-state index in [1.807, 2.05) is 54.6 Å². The lowest BCUT2D eigenvalue weighted by molar-refractivity contribution is 0.323. The van der Waals surface area contributed by atoms with Gasteiger partial charge in [-0.15, -0.1) is 24.0 Å². The molecule has 3 aromatic rings. The minimum atomic E-state index is 0. The molecule has 0 atom stereocenters. The number of para-hydroxylation sites is 1. The molecule has 0 radical (unpaired) electrons. The Kier molecular flexibility index (Phi) is 9.96. The summed E-state index contributed by atoms with van der Waals surface area (Å²) in [7, 11) is 3.22. The fraction of sp³-hybridized carbons (Fsp3) is 0.208. The van der Waals surface area contributed by atoms with Gasteiger partial charge in [0.25, 0.3) is 0 Å². The van der Waals surface area contributed by atoms with Gasteiger partial charge >= 0.3 is 0 Å². The summed E-state index contributed by atoms with van der Waals surface area (Å²) in [6.07, 6.45) is 0. The molecule has 6 nitrogen and oxygen atoms in total. The SMILES string of the molecule is COc1ccc(CN=C(N)NCCOc2ccccc2-c2ccccc2)cc1OC.I. The summed E-state index contributed by atoms with van der Waals surface area (Å²) in [6, 6.07) is 23.8. The summed E-state index contributed by atoms with van der Waals surface area (Å²) in [5, 5.41) is 3.08. The number of hydrogen-bond donors (Lipinski definition) is 2. The highest BCUT2D eigenvalue weighted by atomic mass is 127. The molecule has 0 aliphatic heterocycles. The lowest BCUT2D eigenvalue weighted by atomic mass is 10.1. The lowest BCUT2D eigenvalue weighted by Gasteiger charge is -2.12. The van der Waals surface area contributed by atoms with E-state index in [0.717, 1.165) is 22.4 Å². The van der Waals surface area contributed by atoms with Gasteiger partial charge in [0, 0.05) is 5.56 Å². The van der Waals surface area contributed by atoms with Crippen molar-refractivity contribution in [2.24, 2.45) is 10.7 Å². The fourth-order valence-electron chi connectivity index (χ4n) is 3.00. The second-order valence-electron chi connectivity index (χ2n) is 6.53. The number of aliphatic imine (C=N–C) groups is 1. The number of ether oxygens (including phenoxy) is 3. The third-order valence-electron chi connectivity index (χ3n) is 4.52. The van der Waals surface area contributed by atoms with Crippen molar-refractivity contribution in [3.63, 3.8) is 0 Å². The summed E-state index contributed by atoms with van der Waals surface area (Å²) in [5.41, 5.74) is 9.14. The van der Waals surface area contributed by atoms with Crippen LogP contribution >= 0.6 is 24.0 Å². The first-order valence-corrected chi connectivity index (χ1v) is 9.73. The first-order valence-electron chi connectivity index (χ1n) is 9.73. The van der Waals surface area contributed by atoms with E-state index in [2.05, 4.69) is 28.5 Å². The van der Waals surface area contributed by atoms with Gasteiger partial charge < -0.3 is 25.3 Å². The van der Waals surface area contributed by atoms with Crippen molar-refractivity contribution in [1.29, 1.82) is 0 Å². The molecule has 0 fully saturated rings. The van der Waals surface area contributed by atoms with Crippen LogP contribution in [0.25, 0.3) is 11.1 Å². The molecule has 0 saturated carbocycles. The monoisotopic (exact) mass is 533 g/mol. The average molecular weight is 533 g/mol. The predicted molar refractivity (Wildman–Crippen MR) is 136 cm³/mol. The van der Waals surface area contributed by atoms with E-state index >= 15 is 0 Å². The maximum absolute atomic E-state index is 5.98. The highest BCUT2D eigenvalue weighted by molar-refractivity contribution is 14.0. The minimum absolute atomic E-state index is 0. The minimum Gasteiger partial charge on any atom is -0.493 e. The van der Waals surface area contributed by atoms with Crippen LogP contribution in [0.15, 0.2) is 77.8 Å². The molecule has 7 heteroatoms. The van der Waals surface area contributed by atoms with Gasteiger partial charge in [-0.2, -0.15) is 0 Å². The number of hydrogen-bond acceptors (Lipinski definition) is 4. The molecule has 0 bridgehead atoms. The summed E-state index contributed by atoms with van der Waals surface area (Å²) in [5.74, 6) is 2.56. The van der Waals surface area contributed by atoms with Crippen LogP contribution in [0, 0.1) is 0 Å². The molecule has 0 aliphatic rings. The number of rotatable bonds is 9. The molecule has 31 heavy (non-hydrogen) atoms. The molecule has 0 amide bonds. The number of benzene rings is 3. The van der Waals surface area contributed by atoms with E-state index in [0.29, 0.717) is 37.2 Å². The molecule has 0 spiro atoms. The van der Waals surface area contributed by atoms with E-state index < -0.39 is 0 Å². The van der Waals surface area contributed by atoms with Crippen molar-refractivity contribution in [1.82, 2.24) is 5.32 Å². The van der Waals surface area contributed by atoms with Crippen LogP contribution in [0.4, 0.5) is 0 Å². The molecule has 0 aliphatic carbocycles. The standard InChI is InChI=1S/C24H27N3O3.HI/c1-28-22-13-12-18(16-23(22)29-2)17-27-24(25)26-14-15-30-21-11-7-6-10-20(21)19-8-4-3-5-9-19;/h3-13,16H,14-15,17H2,1-2H3,(H3,25,26,27);1H. The first kappa shape index (κ1) is 24.3. The molecule has 164 valence electrons. The zero-order valence-corrected chi connectivity index (χ0v) is 20.0. The van der Waals surface area contributed by atoms with Crippen LogP contribution in [0.5, 0.6) is 17.2 Å². The Morgan fingerprint density at radius 2 is 1.58 bits per heavy atom. The van der Waals surface area contributed by atoms with Crippen LogP contribution in [0.1, 0.15) is 5.56 Å². The maximum atomic E-state index is 5.98. The zero-order chi connectivity index (χ0) is 21.2. The molecule has 0 unspecified atom stereocenters. The molecule has 0 aromatic heterocycles. The van der Waals surface area contributed by atoms with Crippen LogP contribution in [0.3, 0.4) is 0 Å². The van der Waals surface area contributed by atoms with E-state index in [9.17, 15) is 0 Å². The first-order chi connectivity index (χ1) is 14.7. The largest absolute Gasteiger partial charge is 0.493 e. The van der Waals surface area contributed by atoms with Crippen LogP contribution in [0.2, 0.25) is 0 Å². The second kappa shape index (κ2) is 12.7. The third kappa shape index (κ3) is 7.06. The Morgan fingerprint density at radius 1 is 0.871 bits per heavy atom. The average Bonchev–Trinajstić information content (AvgIpc) is 2.81. The number of nitrogens with two attached hydrogens (primary N) is 1. The molecular weight excluding hydrogens is 505 g/mol. The van der Waals surface area contributed by atoms with E-state index in [-0.39, 0.29) is 24.0 Å². The molecule has 0 saturated heterocycles. The van der Waals surface area contributed by atoms with Crippen LogP contribution in [-0.4, -0.2) is 33.3 Å². The van der Waals surface area contributed by atoms with E-state index in [1.54, 1.807) is 14.2 Å². The van der Waals surface area contributed by atoms with Gasteiger partial charge in [-0.25, -0.2) is 4.99 Å². The molecular formula is C24H28IN3O3. The van der Waals surface area contributed by atoms with Crippen molar-refractivity contribution in [3.8, 4) is 28.4 Å². The molecule has 3 aromatic carbocycles. The van der Waals surface area contributed by atoms with Crippen LogP contribution < -0.4 is 25.3 Å². The third-order valence-corrected chi connectivity index (χ3v) is 4.52. The Labute approximate surface area is 200 Å². The summed E-state index contributed by atoms with van der Waals surface area (Å²) >= 11 is 0. The van der Waals surface area contributed by atoms with Gasteiger partial charge in [-0.05, 0) is 29.3 Å². The van der Waals surface area contributed by atoms with Crippen molar-refractivity contribution in [2.75, 3.05) is 27.4 Å². The topological polar surface area (TPSA) is 78.1 Å². The second-order valence-corrected chi connectivity index (χ2v) is 6.53. The Balaban J connectivity index is 0.00000341. The molecule has 3 N–H and O–H groups in total. The number of guanidine groups is 1. The normalized spacial score (nSPS) is 10.7. The number of nitrogens with zero attached hydrogens (tertiary/aromatic N) is 1. The summed E-state index contributed by atoms with van der Waals surface area (Å²) in [6.45, 7) is 1.46. The number of nitrogens with one attached hydrogen (secondary N) is 1. The number of halogens is 1. The summed E-state index contributed by atoms with van der Waals surface area (Å²) in [4.78, 5) is 4.37. The molecule has 3 rings (SSSR count). The maximum Gasteiger partial charge on any atom is 0.189 e.